The van der Waals surface area contributed by atoms with E-state index in [4.69, 9.17) is 4.74 Å². The van der Waals surface area contributed by atoms with Crippen LogP contribution in [0.25, 0.3) is 11.1 Å². The Morgan fingerprint density at radius 1 is 0.941 bits per heavy atom. The highest BCUT2D eigenvalue weighted by Gasteiger charge is 2.31. The van der Waals surface area contributed by atoms with E-state index < -0.39 is 36.3 Å². The first kappa shape index (κ1) is 23.4. The van der Waals surface area contributed by atoms with Crippen LogP contribution in [0.4, 0.5) is 18.0 Å². The van der Waals surface area contributed by atoms with Gasteiger partial charge >= 0.3 is 18.2 Å². The van der Waals surface area contributed by atoms with Crippen molar-refractivity contribution in [1.82, 2.24) is 5.32 Å². The van der Waals surface area contributed by atoms with E-state index in [9.17, 15) is 27.9 Å². The topological polar surface area (TPSA) is 75.6 Å². The molecule has 0 saturated carbocycles. The van der Waals surface area contributed by atoms with Crippen molar-refractivity contribution in [1.29, 1.82) is 0 Å². The van der Waals surface area contributed by atoms with E-state index in [1.54, 1.807) is 0 Å². The first-order valence-electron chi connectivity index (χ1n) is 10.7. The molecule has 1 aliphatic carbocycles. The molecule has 0 fully saturated rings. The number of carboxylic acids is 1. The van der Waals surface area contributed by atoms with Crippen LogP contribution in [0.2, 0.25) is 0 Å². The normalized spacial score (nSPS) is 13.6. The second-order valence-electron chi connectivity index (χ2n) is 8.17. The average molecular weight is 469 g/mol. The van der Waals surface area contributed by atoms with Crippen LogP contribution in [0.5, 0.6) is 0 Å². The number of aliphatic carboxylic acids is 1. The van der Waals surface area contributed by atoms with Gasteiger partial charge in [-0.15, -0.1) is 0 Å². The quantitative estimate of drug-likeness (QED) is 0.470. The molecule has 0 aromatic heterocycles. The monoisotopic (exact) mass is 469 g/mol. The van der Waals surface area contributed by atoms with Crippen molar-refractivity contribution in [2.75, 3.05) is 6.61 Å². The molecular weight excluding hydrogens is 447 g/mol. The predicted octanol–water partition coefficient (Wildman–Crippen LogP) is 5.63. The molecule has 0 saturated heterocycles. The van der Waals surface area contributed by atoms with Gasteiger partial charge in [0.25, 0.3) is 0 Å². The average Bonchev–Trinajstić information content (AvgIpc) is 3.11. The molecule has 0 spiro atoms. The molecule has 34 heavy (non-hydrogen) atoms. The number of fused-ring (bicyclic) bond motifs is 3. The Hall–Kier alpha value is -3.81. The molecule has 3 aromatic carbocycles. The van der Waals surface area contributed by atoms with Crippen molar-refractivity contribution in [3.8, 4) is 11.1 Å². The molecule has 0 heterocycles. The number of carbonyl (C=O) groups is 2. The van der Waals surface area contributed by atoms with E-state index in [0.29, 0.717) is 0 Å². The predicted molar refractivity (Wildman–Crippen MR) is 119 cm³/mol. The SMILES string of the molecule is O=C(O)C[C@H](Cc1cccc(C(F)(F)F)c1)NC(=O)OCC1c2ccccc2-c2ccccc21. The third kappa shape index (κ3) is 5.22. The van der Waals surface area contributed by atoms with Gasteiger partial charge in [-0.25, -0.2) is 4.79 Å². The van der Waals surface area contributed by atoms with E-state index in [2.05, 4.69) is 5.32 Å². The minimum Gasteiger partial charge on any atom is -0.481 e. The fourth-order valence-electron chi connectivity index (χ4n) is 4.35. The van der Waals surface area contributed by atoms with E-state index in [1.807, 2.05) is 48.5 Å². The van der Waals surface area contributed by atoms with Gasteiger partial charge in [0, 0.05) is 12.0 Å². The van der Waals surface area contributed by atoms with Crippen molar-refractivity contribution >= 4 is 12.1 Å². The highest BCUT2D eigenvalue weighted by Crippen LogP contribution is 2.44. The highest BCUT2D eigenvalue weighted by atomic mass is 19.4. The van der Waals surface area contributed by atoms with Gasteiger partial charge in [0.2, 0.25) is 0 Å². The molecule has 5 nitrogen and oxygen atoms in total. The number of halogens is 3. The minimum absolute atomic E-state index is 0.0449. The minimum atomic E-state index is -4.52. The highest BCUT2D eigenvalue weighted by molar-refractivity contribution is 5.79. The molecule has 0 unspecified atom stereocenters. The van der Waals surface area contributed by atoms with Gasteiger partial charge in [-0.05, 0) is 40.3 Å². The number of alkyl carbamates (subject to hydrolysis) is 1. The Bertz CT molecular complexity index is 1160. The maximum absolute atomic E-state index is 13.0. The number of alkyl halides is 3. The standard InChI is InChI=1S/C26H22F3NO4/c27-26(28,29)17-7-5-6-16(12-17)13-18(14-24(31)32)30-25(33)34-15-23-21-10-3-1-8-19(21)20-9-2-4-11-22(20)23/h1-12,18,23H,13-15H2,(H,30,33)(H,31,32)/t18-/m0/s1. The zero-order valence-corrected chi connectivity index (χ0v) is 18.0. The molecule has 1 atom stereocenters. The molecule has 0 bridgehead atoms. The molecule has 2 N–H and O–H groups in total. The smallest absolute Gasteiger partial charge is 0.416 e. The molecule has 8 heteroatoms. The molecule has 1 aliphatic rings. The second-order valence-corrected chi connectivity index (χ2v) is 8.17. The molecular formula is C26H22F3NO4. The lowest BCUT2D eigenvalue weighted by Gasteiger charge is -2.19. The van der Waals surface area contributed by atoms with Crippen LogP contribution in [0.1, 0.15) is 34.6 Å². The molecule has 4 rings (SSSR count). The van der Waals surface area contributed by atoms with E-state index in [1.165, 1.54) is 12.1 Å². The fourth-order valence-corrected chi connectivity index (χ4v) is 4.35. The van der Waals surface area contributed by atoms with Crippen LogP contribution < -0.4 is 5.32 Å². The van der Waals surface area contributed by atoms with Gasteiger partial charge in [0.15, 0.2) is 0 Å². The van der Waals surface area contributed by atoms with Crippen LogP contribution >= 0.6 is 0 Å². The van der Waals surface area contributed by atoms with E-state index in [0.717, 1.165) is 34.4 Å². The van der Waals surface area contributed by atoms with Gasteiger partial charge < -0.3 is 15.2 Å². The number of rotatable bonds is 7. The zero-order valence-electron chi connectivity index (χ0n) is 18.0. The van der Waals surface area contributed by atoms with Crippen molar-refractivity contribution < 1.29 is 32.6 Å². The van der Waals surface area contributed by atoms with Gasteiger partial charge in [0.05, 0.1) is 12.0 Å². The Kier molecular flexibility index (Phi) is 6.58. The Morgan fingerprint density at radius 3 is 2.15 bits per heavy atom. The number of carboxylic acid groups (broad SMARTS) is 1. The number of hydrogen-bond acceptors (Lipinski definition) is 3. The number of nitrogens with one attached hydrogen (secondary N) is 1. The Morgan fingerprint density at radius 2 is 1.56 bits per heavy atom. The summed E-state index contributed by atoms with van der Waals surface area (Å²) >= 11 is 0. The summed E-state index contributed by atoms with van der Waals surface area (Å²) in [4.78, 5) is 23.8. The maximum atomic E-state index is 13.0. The lowest BCUT2D eigenvalue weighted by molar-refractivity contribution is -0.138. The van der Waals surface area contributed by atoms with Crippen molar-refractivity contribution in [3.05, 3.63) is 95.1 Å². The first-order valence-corrected chi connectivity index (χ1v) is 10.7. The summed E-state index contributed by atoms with van der Waals surface area (Å²) in [7, 11) is 0. The summed E-state index contributed by atoms with van der Waals surface area (Å²) in [6.45, 7) is 0.0449. The number of ether oxygens (including phenoxy) is 1. The van der Waals surface area contributed by atoms with Crippen molar-refractivity contribution in [2.45, 2.75) is 31.0 Å². The lowest BCUT2D eigenvalue weighted by atomic mass is 9.98. The Labute approximate surface area is 194 Å². The number of hydrogen-bond donors (Lipinski definition) is 2. The summed E-state index contributed by atoms with van der Waals surface area (Å²) in [6, 6.07) is 19.3. The van der Waals surface area contributed by atoms with Crippen LogP contribution in [0, 0.1) is 0 Å². The van der Waals surface area contributed by atoms with E-state index >= 15 is 0 Å². The fraction of sp³-hybridized carbons (Fsp3) is 0.231. The summed E-state index contributed by atoms with van der Waals surface area (Å²) < 4.78 is 44.4. The van der Waals surface area contributed by atoms with Crippen LogP contribution in [-0.2, 0) is 22.1 Å². The van der Waals surface area contributed by atoms with Gasteiger partial charge in [0.1, 0.15) is 6.61 Å². The largest absolute Gasteiger partial charge is 0.481 e. The van der Waals surface area contributed by atoms with Crippen LogP contribution in [0.15, 0.2) is 72.8 Å². The molecule has 0 radical (unpaired) electrons. The van der Waals surface area contributed by atoms with Crippen LogP contribution in [-0.4, -0.2) is 29.8 Å². The summed E-state index contributed by atoms with van der Waals surface area (Å²) in [5.74, 6) is -1.35. The first-order chi connectivity index (χ1) is 16.2. The molecule has 0 aliphatic heterocycles. The number of benzene rings is 3. The summed E-state index contributed by atoms with van der Waals surface area (Å²) in [6.07, 6.45) is -5.88. The maximum Gasteiger partial charge on any atom is 0.416 e. The summed E-state index contributed by atoms with van der Waals surface area (Å²) in [5, 5.41) is 11.7. The third-order valence-corrected chi connectivity index (χ3v) is 5.82. The van der Waals surface area contributed by atoms with Gasteiger partial charge in [-0.2, -0.15) is 13.2 Å². The molecule has 1 amide bonds. The summed E-state index contributed by atoms with van der Waals surface area (Å²) in [5.41, 5.74) is 3.63. The van der Waals surface area contributed by atoms with Gasteiger partial charge in [-0.3, -0.25) is 4.79 Å². The van der Waals surface area contributed by atoms with Crippen molar-refractivity contribution in [3.63, 3.8) is 0 Å². The van der Waals surface area contributed by atoms with Crippen molar-refractivity contribution in [2.24, 2.45) is 0 Å². The number of amides is 1. The lowest BCUT2D eigenvalue weighted by Crippen LogP contribution is -2.39. The second kappa shape index (κ2) is 9.59. The zero-order chi connectivity index (χ0) is 24.3. The Balaban J connectivity index is 1.44. The number of carbonyl (C=O) groups excluding carboxylic acids is 1. The molecule has 176 valence electrons. The van der Waals surface area contributed by atoms with E-state index in [-0.39, 0.29) is 24.5 Å². The van der Waals surface area contributed by atoms with Crippen LogP contribution in [0.3, 0.4) is 0 Å². The van der Waals surface area contributed by atoms with Gasteiger partial charge in [-0.1, -0.05) is 66.7 Å². The molecule has 3 aromatic rings. The third-order valence-electron chi connectivity index (χ3n) is 5.82.